The molecule has 1 N–H and O–H groups in total. The molecule has 1 fully saturated rings. The van der Waals surface area contributed by atoms with Gasteiger partial charge >= 0.3 is 0 Å². The van der Waals surface area contributed by atoms with Crippen molar-refractivity contribution in [3.05, 3.63) is 29.3 Å². The minimum absolute atomic E-state index is 0.0707. The highest BCUT2D eigenvalue weighted by Crippen LogP contribution is 2.27. The third-order valence-electron chi connectivity index (χ3n) is 3.27. The zero-order valence-corrected chi connectivity index (χ0v) is 9.48. The van der Waals surface area contributed by atoms with Crippen LogP contribution in [0.2, 0.25) is 0 Å². The van der Waals surface area contributed by atoms with E-state index in [-0.39, 0.29) is 6.61 Å². The molecule has 2 rings (SSSR count). The van der Waals surface area contributed by atoms with E-state index < -0.39 is 0 Å². The average Bonchev–Trinajstić information content (AvgIpc) is 2.74. The lowest BCUT2D eigenvalue weighted by molar-refractivity contribution is 0.281. The molecular weight excluding hydrogens is 200 g/mol. The summed E-state index contributed by atoms with van der Waals surface area (Å²) >= 11 is 0. The predicted octanol–water partition coefficient (Wildman–Crippen LogP) is 2.04. The minimum atomic E-state index is -0.0707. The molecule has 0 saturated carbocycles. The molecule has 1 aliphatic heterocycles. The van der Waals surface area contributed by atoms with E-state index >= 15 is 0 Å². The monoisotopic (exact) mass is 216 g/mol. The van der Waals surface area contributed by atoms with Crippen LogP contribution < -0.4 is 4.90 Å². The third kappa shape index (κ3) is 1.89. The summed E-state index contributed by atoms with van der Waals surface area (Å²) < 4.78 is 0. The molecule has 0 radical (unpaired) electrons. The fourth-order valence-electron chi connectivity index (χ4n) is 2.30. The third-order valence-corrected chi connectivity index (χ3v) is 3.27. The molecular formula is C13H16N2O. The second kappa shape index (κ2) is 4.54. The van der Waals surface area contributed by atoms with Gasteiger partial charge in [0.1, 0.15) is 0 Å². The highest BCUT2D eigenvalue weighted by molar-refractivity contribution is 5.55. The van der Waals surface area contributed by atoms with E-state index in [1.54, 1.807) is 0 Å². The first-order valence-corrected chi connectivity index (χ1v) is 5.67. The number of hydrogen-bond acceptors (Lipinski definition) is 3. The molecule has 3 heteroatoms. The van der Waals surface area contributed by atoms with Crippen molar-refractivity contribution < 1.29 is 5.11 Å². The highest BCUT2D eigenvalue weighted by atomic mass is 16.3. The average molecular weight is 216 g/mol. The first-order valence-electron chi connectivity index (χ1n) is 5.67. The molecule has 0 aromatic heterocycles. The molecule has 1 heterocycles. The first kappa shape index (κ1) is 11.0. The maximum atomic E-state index is 9.09. The number of hydrogen-bond donors (Lipinski definition) is 1. The number of aliphatic hydroxyl groups is 1. The Bertz CT molecular complexity index is 422. The molecule has 0 aliphatic carbocycles. The van der Waals surface area contributed by atoms with Crippen LogP contribution >= 0.6 is 0 Å². The van der Waals surface area contributed by atoms with Gasteiger partial charge in [0.25, 0.3) is 0 Å². The maximum absolute atomic E-state index is 9.09. The largest absolute Gasteiger partial charge is 0.392 e. The highest BCUT2D eigenvalue weighted by Gasteiger charge is 2.20. The fraction of sp³-hybridized carbons (Fsp3) is 0.462. The Morgan fingerprint density at radius 3 is 2.94 bits per heavy atom. The molecule has 1 aromatic rings. The Morgan fingerprint density at radius 1 is 1.56 bits per heavy atom. The van der Waals surface area contributed by atoms with Gasteiger partial charge in [-0.2, -0.15) is 5.26 Å². The number of aliphatic hydroxyl groups excluding tert-OH is 1. The molecule has 0 bridgehead atoms. The van der Waals surface area contributed by atoms with E-state index in [0.29, 0.717) is 17.2 Å². The summed E-state index contributed by atoms with van der Waals surface area (Å²) in [5.41, 5.74) is 2.39. The summed E-state index contributed by atoms with van der Waals surface area (Å²) in [4.78, 5) is 2.32. The van der Waals surface area contributed by atoms with Crippen LogP contribution in [0.25, 0.3) is 0 Å². The van der Waals surface area contributed by atoms with Crippen LogP contribution in [0.5, 0.6) is 0 Å². The number of benzene rings is 1. The van der Waals surface area contributed by atoms with Crippen molar-refractivity contribution in [2.24, 2.45) is 0 Å². The van der Waals surface area contributed by atoms with E-state index in [2.05, 4.69) is 17.9 Å². The van der Waals surface area contributed by atoms with Gasteiger partial charge in [0.15, 0.2) is 0 Å². The van der Waals surface area contributed by atoms with E-state index in [1.807, 2.05) is 18.2 Å². The molecule has 3 nitrogen and oxygen atoms in total. The van der Waals surface area contributed by atoms with E-state index in [1.165, 1.54) is 12.8 Å². The Balaban J connectivity index is 2.33. The van der Waals surface area contributed by atoms with E-state index in [4.69, 9.17) is 10.4 Å². The molecule has 1 saturated heterocycles. The summed E-state index contributed by atoms with van der Waals surface area (Å²) in [6, 6.07) is 8.41. The summed E-state index contributed by atoms with van der Waals surface area (Å²) in [6.07, 6.45) is 2.43. The second-order valence-corrected chi connectivity index (χ2v) is 4.30. The van der Waals surface area contributed by atoms with Gasteiger partial charge in [-0.25, -0.2) is 0 Å². The maximum Gasteiger partial charge on any atom is 0.0996 e. The Hall–Kier alpha value is -1.53. The molecule has 84 valence electrons. The Morgan fingerprint density at radius 2 is 2.38 bits per heavy atom. The molecule has 1 unspecified atom stereocenters. The van der Waals surface area contributed by atoms with Gasteiger partial charge in [-0.05, 0) is 37.5 Å². The minimum Gasteiger partial charge on any atom is -0.392 e. The molecule has 16 heavy (non-hydrogen) atoms. The molecule has 1 aromatic carbocycles. The smallest absolute Gasteiger partial charge is 0.0996 e. The topological polar surface area (TPSA) is 47.3 Å². The fourth-order valence-corrected chi connectivity index (χ4v) is 2.30. The molecule has 0 amide bonds. The zero-order chi connectivity index (χ0) is 11.5. The predicted molar refractivity (Wildman–Crippen MR) is 63.1 cm³/mol. The molecule has 1 aliphatic rings. The van der Waals surface area contributed by atoms with Crippen molar-refractivity contribution in [3.63, 3.8) is 0 Å². The van der Waals surface area contributed by atoms with Crippen molar-refractivity contribution in [3.8, 4) is 6.07 Å². The van der Waals surface area contributed by atoms with Crippen LogP contribution in [0.15, 0.2) is 18.2 Å². The van der Waals surface area contributed by atoms with Gasteiger partial charge in [-0.1, -0.05) is 6.07 Å². The molecule has 0 spiro atoms. The van der Waals surface area contributed by atoms with Crippen molar-refractivity contribution in [2.75, 3.05) is 11.4 Å². The second-order valence-electron chi connectivity index (χ2n) is 4.30. The molecule has 1 atom stereocenters. The van der Waals surface area contributed by atoms with Crippen LogP contribution in [-0.2, 0) is 6.61 Å². The quantitative estimate of drug-likeness (QED) is 0.823. The zero-order valence-electron chi connectivity index (χ0n) is 9.48. The number of rotatable bonds is 2. The Labute approximate surface area is 95.9 Å². The van der Waals surface area contributed by atoms with Crippen molar-refractivity contribution >= 4 is 5.69 Å². The lowest BCUT2D eigenvalue weighted by atomic mass is 10.1. The summed E-state index contributed by atoms with van der Waals surface area (Å²) in [6.45, 7) is 3.20. The SMILES string of the molecule is CC1CCCN1c1ccc(CO)c(C#N)c1. The van der Waals surface area contributed by atoms with Crippen molar-refractivity contribution in [1.29, 1.82) is 5.26 Å². The van der Waals surface area contributed by atoms with Crippen molar-refractivity contribution in [1.82, 2.24) is 0 Å². The van der Waals surface area contributed by atoms with Crippen molar-refractivity contribution in [2.45, 2.75) is 32.4 Å². The standard InChI is InChI=1S/C13H16N2O/c1-10-3-2-6-15(10)13-5-4-11(9-16)12(7-13)8-14/h4-5,7,10,16H,2-3,6,9H2,1H3. The number of anilines is 1. The number of nitrogens with zero attached hydrogens (tertiary/aromatic N) is 2. The van der Waals surface area contributed by atoms with Gasteiger partial charge in [0.05, 0.1) is 18.2 Å². The van der Waals surface area contributed by atoms with Crippen LogP contribution in [0.1, 0.15) is 30.9 Å². The first-order chi connectivity index (χ1) is 7.76. The Kier molecular flexibility index (Phi) is 3.12. The van der Waals surface area contributed by atoms with Crippen LogP contribution in [0, 0.1) is 11.3 Å². The van der Waals surface area contributed by atoms with E-state index in [9.17, 15) is 0 Å². The summed E-state index contributed by atoms with van der Waals surface area (Å²) in [5.74, 6) is 0. The normalized spacial score (nSPS) is 19.8. The summed E-state index contributed by atoms with van der Waals surface area (Å²) in [5, 5.41) is 18.1. The van der Waals surface area contributed by atoms with Gasteiger partial charge in [0, 0.05) is 18.3 Å². The summed E-state index contributed by atoms with van der Waals surface area (Å²) in [7, 11) is 0. The van der Waals surface area contributed by atoms with E-state index in [0.717, 1.165) is 12.2 Å². The van der Waals surface area contributed by atoms with Crippen LogP contribution in [0.4, 0.5) is 5.69 Å². The van der Waals surface area contributed by atoms with Crippen LogP contribution in [0.3, 0.4) is 0 Å². The van der Waals surface area contributed by atoms with Gasteiger partial charge in [-0.15, -0.1) is 0 Å². The lowest BCUT2D eigenvalue weighted by Gasteiger charge is -2.24. The number of nitriles is 1. The lowest BCUT2D eigenvalue weighted by Crippen LogP contribution is -2.26. The van der Waals surface area contributed by atoms with Gasteiger partial charge in [-0.3, -0.25) is 0 Å². The van der Waals surface area contributed by atoms with Gasteiger partial charge in [0.2, 0.25) is 0 Å². The van der Waals surface area contributed by atoms with Gasteiger partial charge < -0.3 is 10.0 Å². The van der Waals surface area contributed by atoms with Crippen LogP contribution in [-0.4, -0.2) is 17.7 Å².